The van der Waals surface area contributed by atoms with Gasteiger partial charge in [-0.25, -0.2) is 0 Å². The Morgan fingerprint density at radius 1 is 1.00 bits per heavy atom. The summed E-state index contributed by atoms with van der Waals surface area (Å²) in [4.78, 5) is 13.3. The number of alkyl halides is 3. The Kier molecular flexibility index (Phi) is 4.90. The van der Waals surface area contributed by atoms with Gasteiger partial charge in [-0.15, -0.1) is 11.3 Å². The van der Waals surface area contributed by atoms with Gasteiger partial charge in [0.25, 0.3) is 5.91 Å². The summed E-state index contributed by atoms with van der Waals surface area (Å²) in [5.74, 6) is -0.323. The molecule has 2 nitrogen and oxygen atoms in total. The van der Waals surface area contributed by atoms with Crippen molar-refractivity contribution in [2.75, 3.05) is 0 Å². The van der Waals surface area contributed by atoms with E-state index in [4.69, 9.17) is 0 Å². The molecule has 1 N–H and O–H groups in total. The summed E-state index contributed by atoms with van der Waals surface area (Å²) in [7, 11) is 0. The van der Waals surface area contributed by atoms with Gasteiger partial charge in [-0.1, -0.05) is 30.3 Å². The zero-order valence-electron chi connectivity index (χ0n) is 13.0. The van der Waals surface area contributed by atoms with Crippen molar-refractivity contribution in [3.8, 4) is 10.4 Å². The number of nitrogens with one attached hydrogen (secondary N) is 1. The van der Waals surface area contributed by atoms with E-state index in [0.717, 1.165) is 22.6 Å². The number of carbonyl (C=O) groups is 1. The molecule has 0 radical (unpaired) electrons. The number of benzene rings is 2. The molecule has 0 bridgehead atoms. The van der Waals surface area contributed by atoms with Gasteiger partial charge in [-0.3, -0.25) is 4.79 Å². The fourth-order valence-electron chi connectivity index (χ4n) is 2.40. The average Bonchev–Trinajstić information content (AvgIpc) is 3.14. The second-order valence-electron chi connectivity index (χ2n) is 5.44. The van der Waals surface area contributed by atoms with Crippen molar-refractivity contribution >= 4 is 17.2 Å². The van der Waals surface area contributed by atoms with Gasteiger partial charge in [0, 0.05) is 17.0 Å². The van der Waals surface area contributed by atoms with Gasteiger partial charge >= 0.3 is 6.18 Å². The Balaban J connectivity index is 1.70. The molecule has 0 unspecified atom stereocenters. The molecule has 1 amide bonds. The first-order chi connectivity index (χ1) is 11.9. The molecule has 0 aliphatic heterocycles. The highest BCUT2D eigenvalue weighted by Crippen LogP contribution is 2.29. The molecule has 1 aromatic heterocycles. The molecule has 128 valence electrons. The minimum absolute atomic E-state index is 0.0337. The number of halogens is 3. The third-order valence-corrected chi connectivity index (χ3v) is 4.56. The Bertz CT molecular complexity index is 872. The first-order valence-electron chi connectivity index (χ1n) is 7.52. The van der Waals surface area contributed by atoms with E-state index in [-0.39, 0.29) is 12.5 Å². The van der Waals surface area contributed by atoms with Crippen LogP contribution in [0.25, 0.3) is 10.4 Å². The fourth-order valence-corrected chi connectivity index (χ4v) is 3.12. The topological polar surface area (TPSA) is 29.1 Å². The van der Waals surface area contributed by atoms with Crippen molar-refractivity contribution in [2.45, 2.75) is 12.7 Å². The smallest absolute Gasteiger partial charge is 0.348 e. The van der Waals surface area contributed by atoms with Crippen molar-refractivity contribution in [1.82, 2.24) is 5.32 Å². The van der Waals surface area contributed by atoms with Gasteiger partial charge in [0.15, 0.2) is 0 Å². The Labute approximate surface area is 146 Å². The Hall–Kier alpha value is -2.60. The number of amides is 1. The predicted octanol–water partition coefficient (Wildman–Crippen LogP) is 5.36. The van der Waals surface area contributed by atoms with Gasteiger partial charge in [0.05, 0.1) is 5.56 Å². The number of thiophene rings is 1. The van der Waals surface area contributed by atoms with Gasteiger partial charge in [-0.05, 0) is 46.8 Å². The van der Waals surface area contributed by atoms with E-state index in [2.05, 4.69) is 5.32 Å². The summed E-state index contributed by atoms with van der Waals surface area (Å²) >= 11 is 1.57. The van der Waals surface area contributed by atoms with Crippen LogP contribution in [0.2, 0.25) is 0 Å². The molecule has 3 aromatic rings. The predicted molar refractivity (Wildman–Crippen MR) is 92.4 cm³/mol. The molecule has 2 aromatic carbocycles. The van der Waals surface area contributed by atoms with Gasteiger partial charge < -0.3 is 5.32 Å². The van der Waals surface area contributed by atoms with Crippen LogP contribution in [0.3, 0.4) is 0 Å². The maximum atomic E-state index is 12.7. The lowest BCUT2D eigenvalue weighted by Gasteiger charge is -2.10. The van der Waals surface area contributed by atoms with Crippen LogP contribution in [-0.4, -0.2) is 5.91 Å². The molecule has 0 atom stereocenters. The summed E-state index contributed by atoms with van der Waals surface area (Å²) in [6, 6.07) is 16.0. The van der Waals surface area contributed by atoms with Gasteiger partial charge in [0.1, 0.15) is 0 Å². The van der Waals surface area contributed by atoms with E-state index >= 15 is 0 Å². The summed E-state index contributed by atoms with van der Waals surface area (Å²) in [5, 5.41) is 4.62. The third kappa shape index (κ3) is 4.28. The molecule has 0 saturated carbocycles. The minimum atomic E-state index is -4.39. The van der Waals surface area contributed by atoms with Crippen molar-refractivity contribution in [1.29, 1.82) is 0 Å². The number of carbonyl (C=O) groups excluding carboxylic acids is 1. The molecule has 0 saturated heterocycles. The molecular weight excluding hydrogens is 347 g/mol. The summed E-state index contributed by atoms with van der Waals surface area (Å²) in [6.07, 6.45) is -4.39. The SMILES string of the molecule is O=C(NCc1cccc(C(F)(F)F)c1)c1cccc(-c2cccs2)c1. The molecule has 0 spiro atoms. The summed E-state index contributed by atoms with van der Waals surface area (Å²) in [5.41, 5.74) is 1.08. The molecule has 6 heteroatoms. The van der Waals surface area contributed by atoms with E-state index in [9.17, 15) is 18.0 Å². The van der Waals surface area contributed by atoms with Crippen LogP contribution in [-0.2, 0) is 12.7 Å². The Morgan fingerprint density at radius 2 is 1.80 bits per heavy atom. The van der Waals surface area contributed by atoms with Crippen molar-refractivity contribution < 1.29 is 18.0 Å². The molecule has 1 heterocycles. The molecule has 0 aliphatic carbocycles. The van der Waals surface area contributed by atoms with Crippen LogP contribution in [0, 0.1) is 0 Å². The second kappa shape index (κ2) is 7.11. The highest BCUT2D eigenvalue weighted by Gasteiger charge is 2.30. The molecule has 3 rings (SSSR count). The van der Waals surface area contributed by atoms with E-state index in [1.807, 2.05) is 23.6 Å². The maximum absolute atomic E-state index is 12.7. The van der Waals surface area contributed by atoms with E-state index in [0.29, 0.717) is 11.1 Å². The zero-order valence-corrected chi connectivity index (χ0v) is 13.8. The molecule has 25 heavy (non-hydrogen) atoms. The number of hydrogen-bond acceptors (Lipinski definition) is 2. The van der Waals surface area contributed by atoms with Crippen LogP contribution in [0.4, 0.5) is 13.2 Å². The summed E-state index contributed by atoms with van der Waals surface area (Å²) in [6.45, 7) is 0.0337. The number of rotatable bonds is 4. The quantitative estimate of drug-likeness (QED) is 0.666. The van der Waals surface area contributed by atoms with Crippen LogP contribution in [0.15, 0.2) is 66.0 Å². The monoisotopic (exact) mass is 361 g/mol. The maximum Gasteiger partial charge on any atom is 0.416 e. The van der Waals surface area contributed by atoms with Crippen LogP contribution >= 0.6 is 11.3 Å². The fraction of sp³-hybridized carbons (Fsp3) is 0.105. The molecule has 0 fully saturated rings. The first kappa shape index (κ1) is 17.2. The first-order valence-corrected chi connectivity index (χ1v) is 8.40. The van der Waals surface area contributed by atoms with E-state index < -0.39 is 11.7 Å². The van der Waals surface area contributed by atoms with Crippen LogP contribution < -0.4 is 5.32 Å². The lowest BCUT2D eigenvalue weighted by Crippen LogP contribution is -2.23. The lowest BCUT2D eigenvalue weighted by atomic mass is 10.1. The van der Waals surface area contributed by atoms with Gasteiger partial charge in [0.2, 0.25) is 0 Å². The Morgan fingerprint density at radius 3 is 2.52 bits per heavy atom. The van der Waals surface area contributed by atoms with E-state index in [1.54, 1.807) is 35.6 Å². The normalized spacial score (nSPS) is 11.3. The van der Waals surface area contributed by atoms with Crippen LogP contribution in [0.1, 0.15) is 21.5 Å². The standard InChI is InChI=1S/C19H14F3NOS/c20-19(21,22)16-7-1-4-13(10-16)12-23-18(24)15-6-2-5-14(11-15)17-8-3-9-25-17/h1-11H,12H2,(H,23,24). The largest absolute Gasteiger partial charge is 0.416 e. The minimum Gasteiger partial charge on any atom is -0.348 e. The van der Waals surface area contributed by atoms with Gasteiger partial charge in [-0.2, -0.15) is 13.2 Å². The van der Waals surface area contributed by atoms with Crippen molar-refractivity contribution in [3.63, 3.8) is 0 Å². The summed E-state index contributed by atoms with van der Waals surface area (Å²) < 4.78 is 38.2. The van der Waals surface area contributed by atoms with E-state index in [1.165, 1.54) is 6.07 Å². The lowest BCUT2D eigenvalue weighted by molar-refractivity contribution is -0.137. The van der Waals surface area contributed by atoms with Crippen molar-refractivity contribution in [3.05, 3.63) is 82.7 Å². The molecular formula is C19H14F3NOS. The average molecular weight is 361 g/mol. The molecule has 0 aliphatic rings. The van der Waals surface area contributed by atoms with Crippen molar-refractivity contribution in [2.24, 2.45) is 0 Å². The van der Waals surface area contributed by atoms with Crippen LogP contribution in [0.5, 0.6) is 0 Å². The highest BCUT2D eigenvalue weighted by atomic mass is 32.1. The number of hydrogen-bond donors (Lipinski definition) is 1. The second-order valence-corrected chi connectivity index (χ2v) is 6.39. The zero-order chi connectivity index (χ0) is 17.9. The highest BCUT2D eigenvalue weighted by molar-refractivity contribution is 7.13. The third-order valence-electron chi connectivity index (χ3n) is 3.64.